The van der Waals surface area contributed by atoms with Crippen LogP contribution in [0.1, 0.15) is 19.4 Å². The lowest BCUT2D eigenvalue weighted by molar-refractivity contribution is -0.129. The maximum atomic E-state index is 12.0. The highest BCUT2D eigenvalue weighted by atomic mass is 16.2. The van der Waals surface area contributed by atoms with Crippen molar-refractivity contribution >= 4 is 17.3 Å². The van der Waals surface area contributed by atoms with Crippen LogP contribution in [0.4, 0.5) is 11.4 Å². The van der Waals surface area contributed by atoms with Gasteiger partial charge in [0.25, 0.3) is 0 Å². The summed E-state index contributed by atoms with van der Waals surface area (Å²) in [6.45, 7) is 5.61. The summed E-state index contributed by atoms with van der Waals surface area (Å²) < 4.78 is 0. The summed E-state index contributed by atoms with van der Waals surface area (Å²) in [7, 11) is 1.83. The molecule has 1 aromatic rings. The second kappa shape index (κ2) is 6.64. The molecule has 19 heavy (non-hydrogen) atoms. The van der Waals surface area contributed by atoms with Crippen molar-refractivity contribution in [2.75, 3.05) is 37.3 Å². The van der Waals surface area contributed by atoms with Gasteiger partial charge in [0.05, 0.1) is 12.1 Å². The summed E-state index contributed by atoms with van der Waals surface area (Å²) in [5.74, 6) is 0.0721. The zero-order valence-electron chi connectivity index (χ0n) is 11.7. The predicted molar refractivity (Wildman–Crippen MR) is 76.8 cm³/mol. The van der Waals surface area contributed by atoms with E-state index in [9.17, 15) is 4.79 Å². The maximum absolute atomic E-state index is 12.0. The Morgan fingerprint density at radius 2 is 2.00 bits per heavy atom. The van der Waals surface area contributed by atoms with Gasteiger partial charge in [-0.3, -0.25) is 4.79 Å². The highest BCUT2D eigenvalue weighted by Gasteiger charge is 2.13. The minimum Gasteiger partial charge on any atom is -0.398 e. The minimum atomic E-state index is 0.0721. The van der Waals surface area contributed by atoms with E-state index >= 15 is 0 Å². The molecule has 0 heterocycles. The maximum Gasteiger partial charge on any atom is 0.242 e. The second-order valence-electron chi connectivity index (χ2n) is 4.31. The fourth-order valence-corrected chi connectivity index (χ4v) is 1.85. The third-order valence-corrected chi connectivity index (χ3v) is 3.09. The number of likely N-dealkylation sites (N-methyl/N-ethyl adjacent to an activating group) is 2. The molecule has 1 amide bonds. The number of nitriles is 1. The molecule has 5 heteroatoms. The normalized spacial score (nSPS) is 9.79. The fraction of sp³-hybridized carbons (Fsp3) is 0.429. The molecule has 0 saturated carbocycles. The van der Waals surface area contributed by atoms with Crippen LogP contribution in [0.5, 0.6) is 0 Å². The van der Waals surface area contributed by atoms with E-state index in [2.05, 4.69) is 0 Å². The van der Waals surface area contributed by atoms with Gasteiger partial charge in [-0.2, -0.15) is 5.26 Å². The van der Waals surface area contributed by atoms with Crippen LogP contribution in [0.25, 0.3) is 0 Å². The lowest BCUT2D eigenvalue weighted by Gasteiger charge is -2.24. The third kappa shape index (κ3) is 3.62. The number of hydrogen-bond donors (Lipinski definition) is 1. The molecule has 0 radical (unpaired) electrons. The molecule has 0 aliphatic heterocycles. The molecular weight excluding hydrogens is 240 g/mol. The topological polar surface area (TPSA) is 73.4 Å². The van der Waals surface area contributed by atoms with Gasteiger partial charge in [-0.1, -0.05) is 0 Å². The Morgan fingerprint density at radius 1 is 1.37 bits per heavy atom. The van der Waals surface area contributed by atoms with Crippen LogP contribution in [0, 0.1) is 11.3 Å². The molecule has 1 rings (SSSR count). The monoisotopic (exact) mass is 260 g/mol. The first-order valence-electron chi connectivity index (χ1n) is 6.32. The summed E-state index contributed by atoms with van der Waals surface area (Å²) in [5, 5.41) is 8.95. The van der Waals surface area contributed by atoms with Crippen molar-refractivity contribution in [3.05, 3.63) is 23.8 Å². The Balaban J connectivity index is 2.81. The summed E-state index contributed by atoms with van der Waals surface area (Å²) in [6, 6.07) is 7.24. The van der Waals surface area contributed by atoms with Crippen LogP contribution in [0.2, 0.25) is 0 Å². The fourth-order valence-electron chi connectivity index (χ4n) is 1.85. The van der Waals surface area contributed by atoms with Crippen molar-refractivity contribution < 1.29 is 4.79 Å². The van der Waals surface area contributed by atoms with E-state index in [1.165, 1.54) is 0 Å². The van der Waals surface area contributed by atoms with Gasteiger partial charge in [0.2, 0.25) is 5.91 Å². The molecule has 102 valence electrons. The average molecular weight is 260 g/mol. The van der Waals surface area contributed by atoms with Gasteiger partial charge >= 0.3 is 0 Å². The van der Waals surface area contributed by atoms with Gasteiger partial charge in [-0.25, -0.2) is 0 Å². The number of nitrogens with two attached hydrogens (primary N) is 1. The molecule has 5 nitrogen and oxygen atoms in total. The summed E-state index contributed by atoms with van der Waals surface area (Å²) in [4.78, 5) is 15.6. The Labute approximate surface area is 114 Å². The number of nitrogens with zero attached hydrogens (tertiary/aromatic N) is 3. The van der Waals surface area contributed by atoms with Crippen LogP contribution >= 0.6 is 0 Å². The molecule has 1 aromatic carbocycles. The summed E-state index contributed by atoms with van der Waals surface area (Å²) >= 11 is 0. The van der Waals surface area contributed by atoms with Crippen LogP contribution in [-0.4, -0.2) is 37.5 Å². The van der Waals surface area contributed by atoms with Crippen LogP contribution in [0.15, 0.2) is 18.2 Å². The van der Waals surface area contributed by atoms with Gasteiger partial charge in [-0.05, 0) is 32.0 Å². The number of carbonyl (C=O) groups excluding carboxylic acids is 1. The molecule has 0 unspecified atom stereocenters. The van der Waals surface area contributed by atoms with Crippen molar-refractivity contribution in [2.24, 2.45) is 0 Å². The molecule has 0 saturated heterocycles. The van der Waals surface area contributed by atoms with E-state index < -0.39 is 0 Å². The van der Waals surface area contributed by atoms with Gasteiger partial charge in [0.15, 0.2) is 0 Å². The van der Waals surface area contributed by atoms with Crippen molar-refractivity contribution in [2.45, 2.75) is 13.8 Å². The van der Waals surface area contributed by atoms with Crippen molar-refractivity contribution in [3.63, 3.8) is 0 Å². The third-order valence-electron chi connectivity index (χ3n) is 3.09. The van der Waals surface area contributed by atoms with E-state index in [1.54, 1.807) is 17.0 Å². The molecule has 0 spiro atoms. The van der Waals surface area contributed by atoms with Gasteiger partial charge in [0.1, 0.15) is 6.07 Å². The van der Waals surface area contributed by atoms with Crippen molar-refractivity contribution in [3.8, 4) is 6.07 Å². The van der Waals surface area contributed by atoms with E-state index in [0.717, 1.165) is 5.69 Å². The number of nitrogen functional groups attached to an aromatic ring is 1. The molecule has 2 N–H and O–H groups in total. The minimum absolute atomic E-state index is 0.0721. The van der Waals surface area contributed by atoms with Gasteiger partial charge in [0, 0.05) is 31.5 Å². The quantitative estimate of drug-likeness (QED) is 0.813. The van der Waals surface area contributed by atoms with Crippen molar-refractivity contribution in [1.82, 2.24) is 4.90 Å². The van der Waals surface area contributed by atoms with Crippen LogP contribution in [-0.2, 0) is 4.79 Å². The molecule has 0 bridgehead atoms. The number of benzene rings is 1. The molecule has 0 atom stereocenters. The predicted octanol–water partition coefficient (Wildman–Crippen LogP) is 1.45. The summed E-state index contributed by atoms with van der Waals surface area (Å²) in [6.07, 6.45) is 0. The van der Waals surface area contributed by atoms with Gasteiger partial charge in [-0.15, -0.1) is 0 Å². The largest absolute Gasteiger partial charge is 0.398 e. The molecule has 0 fully saturated rings. The highest BCUT2D eigenvalue weighted by molar-refractivity contribution is 5.81. The lowest BCUT2D eigenvalue weighted by Crippen LogP contribution is -2.38. The van der Waals surface area contributed by atoms with E-state index in [1.807, 2.05) is 37.9 Å². The van der Waals surface area contributed by atoms with Crippen molar-refractivity contribution in [1.29, 1.82) is 5.26 Å². The first kappa shape index (κ1) is 14.8. The number of amides is 1. The average Bonchev–Trinajstić information content (AvgIpc) is 2.40. The molecular formula is C14H20N4O. The van der Waals surface area contributed by atoms with E-state index in [4.69, 9.17) is 11.0 Å². The number of carbonyl (C=O) groups is 1. The molecule has 0 aromatic heterocycles. The SMILES string of the molecule is CCN(CC)C(=O)CN(C)c1ccc(N)c(C#N)c1. The number of anilines is 2. The zero-order valence-corrected chi connectivity index (χ0v) is 11.7. The zero-order chi connectivity index (χ0) is 14.4. The summed E-state index contributed by atoms with van der Waals surface area (Å²) in [5.41, 5.74) is 7.37. The van der Waals surface area contributed by atoms with Gasteiger partial charge < -0.3 is 15.5 Å². The first-order chi connectivity index (χ1) is 9.03. The Bertz CT molecular complexity index is 489. The van der Waals surface area contributed by atoms with Crippen LogP contribution in [0.3, 0.4) is 0 Å². The number of hydrogen-bond acceptors (Lipinski definition) is 4. The number of rotatable bonds is 5. The Hall–Kier alpha value is -2.22. The smallest absolute Gasteiger partial charge is 0.242 e. The highest BCUT2D eigenvalue weighted by Crippen LogP contribution is 2.19. The lowest BCUT2D eigenvalue weighted by atomic mass is 10.1. The van der Waals surface area contributed by atoms with E-state index in [0.29, 0.717) is 24.3 Å². The second-order valence-corrected chi connectivity index (χ2v) is 4.31. The molecule has 0 aliphatic carbocycles. The van der Waals surface area contributed by atoms with Crippen LogP contribution < -0.4 is 10.6 Å². The van der Waals surface area contributed by atoms with E-state index in [-0.39, 0.29) is 12.5 Å². The Kier molecular flexibility index (Phi) is 5.19. The molecule has 0 aliphatic rings. The standard InChI is InChI=1S/C14H20N4O/c1-4-18(5-2)14(19)10-17(3)12-6-7-13(16)11(8-12)9-15/h6-8H,4-5,10,16H2,1-3H3. The first-order valence-corrected chi connectivity index (χ1v) is 6.32. The Morgan fingerprint density at radius 3 is 2.53 bits per heavy atom.